The van der Waals surface area contributed by atoms with E-state index in [4.69, 9.17) is 14.6 Å². The Hall–Kier alpha value is -4.36. The average molecular weight is 578 g/mol. The lowest BCUT2D eigenvalue weighted by Crippen LogP contribution is -2.36. The van der Waals surface area contributed by atoms with Gasteiger partial charge >= 0.3 is 0 Å². The topological polar surface area (TPSA) is 179 Å². The minimum Gasteiger partial charge on any atom is -0.491 e. The van der Waals surface area contributed by atoms with E-state index in [0.717, 1.165) is 16.9 Å². The maximum Gasteiger partial charge on any atom is 0.222 e. The van der Waals surface area contributed by atoms with Gasteiger partial charge in [-0.2, -0.15) is 0 Å². The molecule has 0 aliphatic heterocycles. The molecule has 42 heavy (non-hydrogen) atoms. The lowest BCUT2D eigenvalue weighted by molar-refractivity contribution is -0.124. The normalized spacial score (nSPS) is 13.3. The summed E-state index contributed by atoms with van der Waals surface area (Å²) in [7, 11) is 0. The number of aromatic nitrogens is 3. The van der Waals surface area contributed by atoms with Crippen LogP contribution in [0.25, 0.3) is 10.9 Å². The number of amides is 1. The van der Waals surface area contributed by atoms with Crippen molar-refractivity contribution in [3.05, 3.63) is 72.3 Å². The van der Waals surface area contributed by atoms with Crippen LogP contribution < -0.4 is 20.1 Å². The molecule has 12 nitrogen and oxygen atoms in total. The van der Waals surface area contributed by atoms with Crippen molar-refractivity contribution in [3.8, 4) is 17.2 Å². The first-order valence-corrected chi connectivity index (χ1v) is 13.5. The van der Waals surface area contributed by atoms with E-state index in [1.54, 1.807) is 24.4 Å². The van der Waals surface area contributed by atoms with Gasteiger partial charge in [0.2, 0.25) is 5.91 Å². The number of anilines is 2. The summed E-state index contributed by atoms with van der Waals surface area (Å²) in [5.74, 6) is 1.89. The molecule has 3 unspecified atom stereocenters. The number of benzene rings is 2. The van der Waals surface area contributed by atoms with Crippen molar-refractivity contribution in [2.45, 2.75) is 45.0 Å². The minimum atomic E-state index is -1.11. The molecule has 0 fully saturated rings. The number of carbonyl (C=O) groups is 1. The smallest absolute Gasteiger partial charge is 0.222 e. The number of aryl methyl sites for hydroxylation is 2. The van der Waals surface area contributed by atoms with Crippen LogP contribution >= 0.6 is 0 Å². The highest BCUT2D eigenvalue weighted by Gasteiger charge is 2.17. The first-order valence-electron chi connectivity index (χ1n) is 13.5. The molecule has 0 saturated carbocycles. The molecule has 2 heterocycles. The third-order valence-electron chi connectivity index (χ3n) is 6.31. The second-order valence-corrected chi connectivity index (χ2v) is 9.94. The number of hydrogen-bond acceptors (Lipinski definition) is 11. The van der Waals surface area contributed by atoms with E-state index in [2.05, 4.69) is 25.6 Å². The van der Waals surface area contributed by atoms with E-state index in [9.17, 15) is 20.1 Å². The molecule has 222 valence electrons. The van der Waals surface area contributed by atoms with Gasteiger partial charge in [-0.05, 0) is 67.9 Å². The highest BCUT2D eigenvalue weighted by Crippen LogP contribution is 2.31. The van der Waals surface area contributed by atoms with Crippen molar-refractivity contribution in [1.82, 2.24) is 20.3 Å². The number of hydrogen-bond donors (Lipinski definition) is 6. The number of fused-ring (bicyclic) bond motifs is 1. The standard InChI is InChI=1S/C30H35N5O7/c1-18-9-20(4-8-28(18)42-25-5-3-19(2)31-14-25)35-30-26-12-24(6-7-27(26)33-17-34-30)41-16-22(38)10-21(37)11-29(40)32-13-23(39)15-36/h3-9,12,14,17,21-23,36-39H,10-11,13,15-16H2,1-2H3,(H,32,40)(H,33,34,35). The van der Waals surface area contributed by atoms with Gasteiger partial charge in [-0.1, -0.05) is 0 Å². The van der Waals surface area contributed by atoms with Gasteiger partial charge in [0.15, 0.2) is 0 Å². The monoisotopic (exact) mass is 577 g/mol. The minimum absolute atomic E-state index is 0.0844. The molecule has 4 aromatic rings. The summed E-state index contributed by atoms with van der Waals surface area (Å²) in [6, 6.07) is 14.7. The number of ether oxygens (including phenoxy) is 2. The number of pyridine rings is 1. The van der Waals surface area contributed by atoms with Gasteiger partial charge in [0.05, 0.1) is 43.1 Å². The molecule has 0 aliphatic rings. The van der Waals surface area contributed by atoms with Crippen LogP contribution in [0.4, 0.5) is 11.5 Å². The van der Waals surface area contributed by atoms with Gasteiger partial charge < -0.3 is 40.5 Å². The number of nitrogens with zero attached hydrogens (tertiary/aromatic N) is 3. The SMILES string of the molecule is Cc1ccc(Oc2ccc(Nc3ncnc4ccc(OCC(O)CC(O)CC(=O)NCC(O)CO)cc34)cc2C)cn1. The maximum absolute atomic E-state index is 11.8. The molecule has 2 aromatic heterocycles. The second-order valence-electron chi connectivity index (χ2n) is 9.94. The molecular weight excluding hydrogens is 542 g/mol. The van der Waals surface area contributed by atoms with Gasteiger partial charge in [-0.15, -0.1) is 0 Å². The first kappa shape index (κ1) is 30.6. The fourth-order valence-electron chi connectivity index (χ4n) is 4.09. The molecule has 2 aromatic carbocycles. The Labute approximate surface area is 243 Å². The van der Waals surface area contributed by atoms with E-state index in [1.165, 1.54) is 6.33 Å². The van der Waals surface area contributed by atoms with Crippen molar-refractivity contribution < 1.29 is 34.7 Å². The highest BCUT2D eigenvalue weighted by molar-refractivity contribution is 5.91. The third-order valence-corrected chi connectivity index (χ3v) is 6.31. The van der Waals surface area contributed by atoms with Gasteiger partial charge in [0.1, 0.15) is 36.0 Å². The molecule has 4 rings (SSSR count). The number of carbonyl (C=O) groups excluding carboxylic acids is 1. The number of rotatable bonds is 14. The van der Waals surface area contributed by atoms with Gasteiger partial charge in [-0.25, -0.2) is 9.97 Å². The van der Waals surface area contributed by atoms with Crippen molar-refractivity contribution in [3.63, 3.8) is 0 Å². The van der Waals surface area contributed by atoms with E-state index in [-0.39, 0.29) is 26.0 Å². The second kappa shape index (κ2) is 14.5. The van der Waals surface area contributed by atoms with Gasteiger partial charge in [0, 0.05) is 29.7 Å². The number of nitrogens with one attached hydrogen (secondary N) is 2. The lowest BCUT2D eigenvalue weighted by atomic mass is 10.1. The number of aliphatic hydroxyl groups is 4. The predicted molar refractivity (Wildman–Crippen MR) is 156 cm³/mol. The van der Waals surface area contributed by atoms with Crippen LogP contribution in [0.1, 0.15) is 24.1 Å². The summed E-state index contributed by atoms with van der Waals surface area (Å²) in [5.41, 5.74) is 3.32. The molecular formula is C30H35N5O7. The molecule has 0 radical (unpaired) electrons. The van der Waals surface area contributed by atoms with Crippen LogP contribution in [0.5, 0.6) is 17.2 Å². The summed E-state index contributed by atoms with van der Waals surface area (Å²) in [6.45, 7) is 3.15. The fourth-order valence-corrected chi connectivity index (χ4v) is 4.09. The Balaban J connectivity index is 1.35. The molecule has 0 spiro atoms. The summed E-state index contributed by atoms with van der Waals surface area (Å²) >= 11 is 0. The largest absolute Gasteiger partial charge is 0.491 e. The predicted octanol–water partition coefficient (Wildman–Crippen LogP) is 2.53. The van der Waals surface area contributed by atoms with Gasteiger partial charge in [-0.3, -0.25) is 9.78 Å². The first-order chi connectivity index (χ1) is 20.2. The van der Waals surface area contributed by atoms with Crippen LogP contribution in [0.2, 0.25) is 0 Å². The Morgan fingerprint density at radius 3 is 2.48 bits per heavy atom. The quantitative estimate of drug-likeness (QED) is 0.130. The Morgan fingerprint density at radius 1 is 0.929 bits per heavy atom. The maximum atomic E-state index is 11.8. The molecule has 6 N–H and O–H groups in total. The summed E-state index contributed by atoms with van der Waals surface area (Å²) < 4.78 is 11.7. The molecule has 0 saturated heterocycles. The molecule has 3 atom stereocenters. The fraction of sp³-hybridized carbons (Fsp3) is 0.333. The zero-order valence-corrected chi connectivity index (χ0v) is 23.4. The Morgan fingerprint density at radius 2 is 1.74 bits per heavy atom. The van der Waals surface area contributed by atoms with Crippen LogP contribution in [0, 0.1) is 13.8 Å². The van der Waals surface area contributed by atoms with Crippen LogP contribution in [0.15, 0.2) is 61.1 Å². The molecule has 0 aliphatic carbocycles. The lowest BCUT2D eigenvalue weighted by Gasteiger charge is -2.17. The third kappa shape index (κ3) is 8.82. The van der Waals surface area contributed by atoms with E-state index in [1.807, 2.05) is 44.2 Å². The van der Waals surface area contributed by atoms with E-state index in [0.29, 0.717) is 34.0 Å². The highest BCUT2D eigenvalue weighted by atomic mass is 16.5. The van der Waals surface area contributed by atoms with Crippen molar-refractivity contribution >= 4 is 28.3 Å². The average Bonchev–Trinajstić information content (AvgIpc) is 2.97. The molecule has 12 heteroatoms. The molecule has 0 bridgehead atoms. The van der Waals surface area contributed by atoms with Crippen LogP contribution in [0.3, 0.4) is 0 Å². The van der Waals surface area contributed by atoms with Crippen LogP contribution in [-0.4, -0.2) is 79.4 Å². The van der Waals surface area contributed by atoms with Crippen molar-refractivity contribution in [2.24, 2.45) is 0 Å². The van der Waals surface area contributed by atoms with E-state index >= 15 is 0 Å². The van der Waals surface area contributed by atoms with Crippen LogP contribution in [-0.2, 0) is 4.79 Å². The summed E-state index contributed by atoms with van der Waals surface area (Å²) in [6.07, 6.45) is -0.402. The zero-order valence-electron chi connectivity index (χ0n) is 23.4. The molecule has 1 amide bonds. The Kier molecular flexibility index (Phi) is 10.6. The summed E-state index contributed by atoms with van der Waals surface area (Å²) in [4.78, 5) is 24.8. The van der Waals surface area contributed by atoms with Crippen molar-refractivity contribution in [1.29, 1.82) is 0 Å². The summed E-state index contributed by atoms with van der Waals surface area (Å²) in [5, 5.41) is 45.0. The van der Waals surface area contributed by atoms with Crippen molar-refractivity contribution in [2.75, 3.05) is 25.1 Å². The van der Waals surface area contributed by atoms with Gasteiger partial charge in [0.25, 0.3) is 0 Å². The zero-order chi connectivity index (χ0) is 30.1. The number of aliphatic hydroxyl groups excluding tert-OH is 4. The Bertz CT molecular complexity index is 1490. The van der Waals surface area contributed by atoms with E-state index < -0.39 is 30.8 Å².